The molecule has 0 bridgehead atoms. The number of non-ortho nitro benzene ring substituents is 1. The van der Waals surface area contributed by atoms with Gasteiger partial charge in [-0.2, -0.15) is 18.2 Å². The Balaban J connectivity index is 1.66. The van der Waals surface area contributed by atoms with E-state index in [2.05, 4.69) is 9.88 Å². The first-order chi connectivity index (χ1) is 14.6. The number of anilines is 2. The molecule has 0 amide bonds. The normalized spacial score (nSPS) is 14.8. The minimum Gasteiger partial charge on any atom is -0.508 e. The number of alkyl halides is 3. The summed E-state index contributed by atoms with van der Waals surface area (Å²) in [6, 6.07) is 7.77. The summed E-state index contributed by atoms with van der Waals surface area (Å²) in [5.41, 5.74) is -2.04. The first-order valence-corrected chi connectivity index (χ1v) is 9.94. The molecule has 1 saturated heterocycles. The van der Waals surface area contributed by atoms with Gasteiger partial charge in [0.1, 0.15) is 10.4 Å². The van der Waals surface area contributed by atoms with Crippen molar-refractivity contribution < 1.29 is 23.2 Å². The fourth-order valence-electron chi connectivity index (χ4n) is 3.39. The van der Waals surface area contributed by atoms with E-state index in [0.29, 0.717) is 38.3 Å². The Morgan fingerprint density at radius 2 is 1.68 bits per heavy atom. The molecule has 0 spiro atoms. The van der Waals surface area contributed by atoms with E-state index >= 15 is 0 Å². The molecule has 3 aromatic rings. The summed E-state index contributed by atoms with van der Waals surface area (Å²) < 4.78 is 39.1. The van der Waals surface area contributed by atoms with Crippen LogP contribution in [0.4, 0.5) is 29.7 Å². The number of aromatic nitrogens is 1. The minimum atomic E-state index is -4.82. The molecule has 0 saturated carbocycles. The number of nitro benzene ring substituents is 1. The molecule has 1 aliphatic heterocycles. The van der Waals surface area contributed by atoms with Crippen molar-refractivity contribution in [2.24, 2.45) is 0 Å². The van der Waals surface area contributed by atoms with E-state index in [-0.39, 0.29) is 15.6 Å². The first kappa shape index (κ1) is 20.8. The molecule has 1 aromatic heterocycles. The molecule has 162 valence electrons. The summed E-state index contributed by atoms with van der Waals surface area (Å²) in [6.45, 7) is 2.06. The zero-order valence-corrected chi connectivity index (χ0v) is 16.6. The zero-order valence-electron chi connectivity index (χ0n) is 15.8. The summed E-state index contributed by atoms with van der Waals surface area (Å²) in [4.78, 5) is 30.7. The quantitative estimate of drug-likeness (QED) is 0.479. The molecular weight excluding hydrogens is 437 g/mol. The van der Waals surface area contributed by atoms with Crippen LogP contribution in [-0.4, -0.2) is 41.2 Å². The summed E-state index contributed by atoms with van der Waals surface area (Å²) in [6.07, 6.45) is -4.82. The van der Waals surface area contributed by atoms with Crippen LogP contribution in [-0.2, 0) is 6.18 Å². The van der Waals surface area contributed by atoms with E-state index in [9.17, 15) is 33.2 Å². The maximum atomic E-state index is 13.1. The van der Waals surface area contributed by atoms with Gasteiger partial charge in [0.25, 0.3) is 11.2 Å². The highest BCUT2D eigenvalue weighted by atomic mass is 32.1. The van der Waals surface area contributed by atoms with Gasteiger partial charge in [-0.25, -0.2) is 0 Å². The van der Waals surface area contributed by atoms with Crippen LogP contribution in [0, 0.1) is 10.1 Å². The number of rotatable bonds is 3. The van der Waals surface area contributed by atoms with Gasteiger partial charge in [-0.05, 0) is 30.3 Å². The van der Waals surface area contributed by atoms with E-state index in [4.69, 9.17) is 0 Å². The monoisotopic (exact) mass is 452 g/mol. The van der Waals surface area contributed by atoms with E-state index < -0.39 is 33.3 Å². The van der Waals surface area contributed by atoms with Crippen LogP contribution in [0.1, 0.15) is 5.56 Å². The molecule has 1 aliphatic rings. The molecule has 0 radical (unpaired) electrons. The van der Waals surface area contributed by atoms with Crippen LogP contribution < -0.4 is 15.4 Å². The van der Waals surface area contributed by atoms with Crippen LogP contribution >= 0.6 is 11.3 Å². The highest BCUT2D eigenvalue weighted by Gasteiger charge is 2.34. The van der Waals surface area contributed by atoms with Gasteiger partial charge in [-0.3, -0.25) is 14.9 Å². The maximum absolute atomic E-state index is 13.1. The molecule has 0 aliphatic carbocycles. The average Bonchev–Trinajstić information content (AvgIpc) is 2.73. The summed E-state index contributed by atoms with van der Waals surface area (Å²) in [7, 11) is 0. The molecule has 31 heavy (non-hydrogen) atoms. The molecule has 0 atom stereocenters. The third kappa shape index (κ3) is 4.10. The Labute approximate surface area is 176 Å². The van der Waals surface area contributed by atoms with Crippen LogP contribution in [0.15, 0.2) is 41.2 Å². The van der Waals surface area contributed by atoms with E-state index in [1.165, 1.54) is 0 Å². The lowest BCUT2D eigenvalue weighted by Crippen LogP contribution is -2.46. The molecular formula is C19H15F3N4O4S. The molecule has 2 aromatic carbocycles. The summed E-state index contributed by atoms with van der Waals surface area (Å²) >= 11 is 0.835. The molecule has 1 N–H and O–H groups in total. The average molecular weight is 452 g/mol. The maximum Gasteiger partial charge on any atom is 0.416 e. The first-order valence-electron chi connectivity index (χ1n) is 9.13. The predicted octanol–water partition coefficient (Wildman–Crippen LogP) is 3.62. The number of fused-ring (bicyclic) bond motifs is 1. The van der Waals surface area contributed by atoms with E-state index in [0.717, 1.165) is 17.0 Å². The smallest absolute Gasteiger partial charge is 0.416 e. The zero-order chi connectivity index (χ0) is 22.3. The number of benzene rings is 2. The van der Waals surface area contributed by atoms with Crippen molar-refractivity contribution in [2.75, 3.05) is 36.0 Å². The van der Waals surface area contributed by atoms with Gasteiger partial charge >= 0.3 is 6.18 Å². The van der Waals surface area contributed by atoms with Crippen molar-refractivity contribution in [3.8, 4) is 5.75 Å². The number of hydrogen-bond donors (Lipinski definition) is 1. The Bertz CT molecular complexity index is 1210. The summed E-state index contributed by atoms with van der Waals surface area (Å²) in [5.74, 6) is 0.155. The summed E-state index contributed by atoms with van der Waals surface area (Å²) in [5, 5.41) is 20.6. The number of hydrogen-bond acceptors (Lipinski definition) is 8. The minimum absolute atomic E-state index is 0.131. The fraction of sp³-hybridized carbons (Fsp3) is 0.263. The highest BCUT2D eigenvalue weighted by Crippen LogP contribution is 2.38. The van der Waals surface area contributed by atoms with Crippen LogP contribution in [0.3, 0.4) is 0 Å². The topological polar surface area (TPSA) is 99.8 Å². The molecule has 2 heterocycles. The lowest BCUT2D eigenvalue weighted by molar-refractivity contribution is -0.383. The van der Waals surface area contributed by atoms with Crippen LogP contribution in [0.2, 0.25) is 0 Å². The highest BCUT2D eigenvalue weighted by molar-refractivity contribution is 7.22. The molecule has 0 unspecified atom stereocenters. The Morgan fingerprint density at radius 3 is 2.26 bits per heavy atom. The number of phenolic OH excluding ortho intramolecular Hbond substituents is 1. The van der Waals surface area contributed by atoms with Crippen molar-refractivity contribution in [2.45, 2.75) is 6.18 Å². The number of piperazine rings is 1. The van der Waals surface area contributed by atoms with Crippen molar-refractivity contribution >= 4 is 37.9 Å². The number of phenols is 1. The number of halogens is 3. The standard InChI is InChI=1S/C19H15F3N4O4S/c20-19(21,22)11-9-14-16(15(10-11)26(29)30)31-18(23-17(14)28)25-7-5-24(6-8-25)12-1-3-13(27)4-2-12/h1-4,9-10,27H,5-8H2. The van der Waals surface area contributed by atoms with Gasteiger partial charge in [-0.1, -0.05) is 11.3 Å². The van der Waals surface area contributed by atoms with Gasteiger partial charge in [0.05, 0.1) is 15.9 Å². The number of nitrogens with zero attached hydrogens (tertiary/aromatic N) is 4. The predicted molar refractivity (Wildman–Crippen MR) is 110 cm³/mol. The second kappa shape index (κ2) is 7.69. The Hall–Kier alpha value is -3.41. The van der Waals surface area contributed by atoms with Gasteiger partial charge in [-0.15, -0.1) is 0 Å². The third-order valence-corrected chi connectivity index (χ3v) is 6.14. The largest absolute Gasteiger partial charge is 0.508 e. The van der Waals surface area contributed by atoms with Crippen molar-refractivity contribution in [3.05, 3.63) is 62.4 Å². The lowest BCUT2D eigenvalue weighted by Gasteiger charge is -2.36. The number of aromatic hydroxyl groups is 1. The van der Waals surface area contributed by atoms with Crippen molar-refractivity contribution in [3.63, 3.8) is 0 Å². The lowest BCUT2D eigenvalue weighted by atomic mass is 10.1. The molecule has 4 rings (SSSR count). The third-order valence-electron chi connectivity index (χ3n) is 4.98. The Kier molecular flexibility index (Phi) is 5.17. The van der Waals surface area contributed by atoms with Gasteiger partial charge < -0.3 is 14.9 Å². The second-order valence-corrected chi connectivity index (χ2v) is 7.90. The second-order valence-electron chi connectivity index (χ2n) is 6.92. The molecule has 8 nitrogen and oxygen atoms in total. The molecule has 12 heteroatoms. The van der Waals surface area contributed by atoms with Gasteiger partial charge in [0.15, 0.2) is 5.13 Å². The van der Waals surface area contributed by atoms with E-state index in [1.807, 2.05) is 0 Å². The Morgan fingerprint density at radius 1 is 1.06 bits per heavy atom. The fourth-order valence-corrected chi connectivity index (χ4v) is 4.51. The van der Waals surface area contributed by atoms with Crippen LogP contribution in [0.25, 0.3) is 10.1 Å². The van der Waals surface area contributed by atoms with Crippen molar-refractivity contribution in [1.29, 1.82) is 0 Å². The van der Waals surface area contributed by atoms with Gasteiger partial charge in [0.2, 0.25) is 0 Å². The van der Waals surface area contributed by atoms with E-state index in [1.54, 1.807) is 29.2 Å². The van der Waals surface area contributed by atoms with Crippen molar-refractivity contribution in [1.82, 2.24) is 4.98 Å². The van der Waals surface area contributed by atoms with Crippen LogP contribution in [0.5, 0.6) is 5.75 Å². The number of nitro groups is 1. The molecule has 1 fully saturated rings. The SMILES string of the molecule is O=c1nc(N2CCN(c3ccc(O)cc3)CC2)sc2c([N+](=O)[O-])cc(C(F)(F)F)cc12. The van der Waals surface area contributed by atoms with Gasteiger partial charge in [0, 0.05) is 37.9 Å².